The van der Waals surface area contributed by atoms with Gasteiger partial charge in [-0.2, -0.15) is 0 Å². The molecule has 0 N–H and O–H groups in total. The van der Waals surface area contributed by atoms with Crippen LogP contribution < -0.4 is 58.4 Å². The van der Waals surface area contributed by atoms with Crippen LogP contribution in [0.4, 0.5) is 0 Å². The van der Waals surface area contributed by atoms with E-state index in [1.165, 1.54) is 0 Å². The molecule has 0 aliphatic carbocycles. The molecule has 16 heteroatoms. The zero-order chi connectivity index (χ0) is 58.2. The zero-order valence-electron chi connectivity index (χ0n) is 51.7. The van der Waals surface area contributed by atoms with Gasteiger partial charge in [-0.25, -0.2) is 0 Å². The van der Waals surface area contributed by atoms with Crippen LogP contribution in [0, 0.1) is 0 Å². The Bertz CT molecular complexity index is 1680. The van der Waals surface area contributed by atoms with Crippen LogP contribution in [0.5, 0.6) is 51.7 Å². The van der Waals surface area contributed by atoms with Gasteiger partial charge in [-0.15, -0.1) is 0 Å². The van der Waals surface area contributed by atoms with E-state index in [0.29, 0.717) is 128 Å². The van der Waals surface area contributed by atoms with Crippen molar-refractivity contribution >= 4 is 0 Å². The van der Waals surface area contributed by atoms with Gasteiger partial charge in [-0.05, 0) is 99.3 Å². The SMILES string of the molecule is CCCCOc1cc(OCCCC)c(C(C)(C)O[O-])c(OCCCC)c1.CCCCOc1cc(OCCCC)c(C(C)(C)O[O-])c(OCCCC)c1.CCCCOc1cc(OCCCC)c(C(C)(C)O[O-])c(OCCCC)c1.[Ti+3]. The molecule has 0 amide bonds. The van der Waals surface area contributed by atoms with Gasteiger partial charge in [0, 0.05) is 36.4 Å². The second-order valence-electron chi connectivity index (χ2n) is 21.0. The topological polar surface area (TPSA) is 180 Å². The third-order valence-corrected chi connectivity index (χ3v) is 12.4. The first-order chi connectivity index (χ1) is 37.5. The summed E-state index contributed by atoms with van der Waals surface area (Å²) in [5, 5.41) is 34.1. The summed E-state index contributed by atoms with van der Waals surface area (Å²) in [5.41, 5.74) is -1.27. The maximum atomic E-state index is 11.4. The van der Waals surface area contributed by atoms with Crippen LogP contribution in [0.3, 0.4) is 0 Å². The predicted molar refractivity (Wildman–Crippen MR) is 305 cm³/mol. The number of rotatable bonds is 42. The van der Waals surface area contributed by atoms with E-state index in [-0.39, 0.29) is 21.7 Å². The third kappa shape index (κ3) is 28.7. The van der Waals surface area contributed by atoms with Crippen molar-refractivity contribution in [3.05, 3.63) is 53.1 Å². The van der Waals surface area contributed by atoms with Gasteiger partial charge in [-0.1, -0.05) is 120 Å². The van der Waals surface area contributed by atoms with Gasteiger partial charge in [0.05, 0.1) is 93.0 Å². The predicted octanol–water partition coefficient (Wildman–Crippen LogP) is 14.2. The molecule has 0 unspecified atom stereocenters. The van der Waals surface area contributed by atoms with Gasteiger partial charge in [0.15, 0.2) is 0 Å². The van der Waals surface area contributed by atoms with Gasteiger partial charge in [0.25, 0.3) is 0 Å². The van der Waals surface area contributed by atoms with E-state index in [4.69, 9.17) is 42.6 Å². The monoisotopic (exact) mass is 1150 g/mol. The molecule has 0 spiro atoms. The summed E-state index contributed by atoms with van der Waals surface area (Å²) in [5.74, 6) is 5.67. The molecule has 0 aliphatic rings. The molecule has 0 atom stereocenters. The fraction of sp³-hybridized carbons (Fsp3) is 0.714. The summed E-state index contributed by atoms with van der Waals surface area (Å²) >= 11 is 0. The Hall–Kier alpha value is -3.67. The molecular weight excluding hydrogens is 1040 g/mol. The summed E-state index contributed by atoms with van der Waals surface area (Å²) in [6, 6.07) is 11.0. The number of hydrogen-bond acceptors (Lipinski definition) is 15. The molecule has 15 nitrogen and oxygen atoms in total. The van der Waals surface area contributed by atoms with Crippen LogP contribution in [0.1, 0.15) is 236 Å². The maximum absolute atomic E-state index is 11.4. The van der Waals surface area contributed by atoms with Crippen molar-refractivity contribution in [3.63, 3.8) is 0 Å². The normalized spacial score (nSPS) is 11.3. The quantitative estimate of drug-likeness (QED) is 0.0226. The molecule has 1 radical (unpaired) electrons. The second kappa shape index (κ2) is 44.0. The van der Waals surface area contributed by atoms with Gasteiger partial charge >= 0.3 is 21.7 Å². The van der Waals surface area contributed by atoms with Gasteiger partial charge in [-0.3, -0.25) is 0 Å². The van der Waals surface area contributed by atoms with Crippen LogP contribution >= 0.6 is 0 Å². The largest absolute Gasteiger partial charge is 3.00 e. The molecule has 79 heavy (non-hydrogen) atoms. The molecule has 0 bridgehead atoms. The summed E-state index contributed by atoms with van der Waals surface area (Å²) in [7, 11) is 0. The minimum absolute atomic E-state index is 0. The first-order valence-corrected chi connectivity index (χ1v) is 29.6. The van der Waals surface area contributed by atoms with Gasteiger partial charge < -0.3 is 73.1 Å². The Kier molecular flexibility index (Phi) is 41.9. The number of ether oxygens (including phenoxy) is 9. The van der Waals surface area contributed by atoms with E-state index in [0.717, 1.165) is 116 Å². The Morgan fingerprint density at radius 2 is 0.405 bits per heavy atom. The molecule has 0 aromatic heterocycles. The van der Waals surface area contributed by atoms with Gasteiger partial charge in [0.2, 0.25) is 0 Å². The minimum Gasteiger partial charge on any atom is -0.723 e. The molecule has 451 valence electrons. The molecule has 3 rings (SSSR count). The number of benzene rings is 3. The standard InChI is InChI=1S/3C21H36O5.Ti/c3*1-6-9-12-23-17-15-18(24-13-10-7-2)20(21(4,5)26-22)19(16-17)25-14-11-8-3;/h3*15-16,22H,6-14H2,1-5H3;/q;;;+3/p-3. The van der Waals surface area contributed by atoms with Crippen LogP contribution in [-0.2, 0) is 53.2 Å². The molecule has 0 aliphatic heterocycles. The zero-order valence-corrected chi connectivity index (χ0v) is 53.2. The fourth-order valence-electron chi connectivity index (χ4n) is 7.50. The van der Waals surface area contributed by atoms with Crippen molar-refractivity contribution in [1.82, 2.24) is 0 Å². The van der Waals surface area contributed by atoms with E-state index >= 15 is 0 Å². The number of hydrogen-bond donors (Lipinski definition) is 0. The smallest absolute Gasteiger partial charge is 0.723 e. The van der Waals surface area contributed by atoms with E-state index in [2.05, 4.69) is 77.0 Å². The molecule has 3 aromatic carbocycles. The summed E-state index contributed by atoms with van der Waals surface area (Å²) in [6.07, 6.45) is 17.9. The summed E-state index contributed by atoms with van der Waals surface area (Å²) in [6.45, 7) is 34.8. The van der Waals surface area contributed by atoms with E-state index in [1.807, 2.05) is 36.4 Å². The molecular formula is C63H105O15Ti. The van der Waals surface area contributed by atoms with Crippen molar-refractivity contribution in [2.45, 2.75) is 236 Å². The Morgan fingerprint density at radius 1 is 0.266 bits per heavy atom. The van der Waals surface area contributed by atoms with Crippen molar-refractivity contribution in [1.29, 1.82) is 0 Å². The minimum atomic E-state index is -1.06. The van der Waals surface area contributed by atoms with Crippen LogP contribution in [0.2, 0.25) is 0 Å². The Balaban J connectivity index is 0.00000115. The van der Waals surface area contributed by atoms with E-state index in [1.54, 1.807) is 41.5 Å². The first kappa shape index (κ1) is 75.3. The Morgan fingerprint density at radius 3 is 0.532 bits per heavy atom. The second-order valence-corrected chi connectivity index (χ2v) is 21.0. The van der Waals surface area contributed by atoms with E-state index < -0.39 is 16.8 Å². The average Bonchev–Trinajstić information content (AvgIpc) is 3.41. The van der Waals surface area contributed by atoms with Gasteiger partial charge in [0.1, 0.15) is 51.7 Å². The fourth-order valence-corrected chi connectivity index (χ4v) is 7.50. The molecule has 0 fully saturated rings. The summed E-state index contributed by atoms with van der Waals surface area (Å²) < 4.78 is 53.5. The first-order valence-electron chi connectivity index (χ1n) is 29.6. The van der Waals surface area contributed by atoms with Crippen molar-refractivity contribution in [3.8, 4) is 51.7 Å². The molecule has 0 heterocycles. The third-order valence-electron chi connectivity index (χ3n) is 12.4. The van der Waals surface area contributed by atoms with Crippen molar-refractivity contribution in [2.24, 2.45) is 0 Å². The molecule has 0 saturated carbocycles. The molecule has 0 saturated heterocycles. The van der Waals surface area contributed by atoms with Crippen LogP contribution in [0.25, 0.3) is 0 Å². The van der Waals surface area contributed by atoms with Crippen LogP contribution in [0.15, 0.2) is 36.4 Å². The van der Waals surface area contributed by atoms with E-state index in [9.17, 15) is 15.8 Å². The van der Waals surface area contributed by atoms with Crippen LogP contribution in [-0.4, -0.2) is 59.5 Å². The maximum Gasteiger partial charge on any atom is 3.00 e. The van der Waals surface area contributed by atoms with Crippen molar-refractivity contribution < 1.29 is 94.8 Å². The van der Waals surface area contributed by atoms with Crippen molar-refractivity contribution in [2.75, 3.05) is 59.5 Å². The average molecular weight is 1150 g/mol. The molecule has 3 aromatic rings. The summed E-state index contributed by atoms with van der Waals surface area (Å²) in [4.78, 5) is 13.5. The number of unbranched alkanes of at least 4 members (excludes halogenated alkanes) is 9. The Labute approximate surface area is 493 Å².